The van der Waals surface area contributed by atoms with Crippen molar-refractivity contribution in [1.29, 1.82) is 0 Å². The van der Waals surface area contributed by atoms with Crippen molar-refractivity contribution in [2.24, 2.45) is 0 Å². The predicted octanol–water partition coefficient (Wildman–Crippen LogP) is 5.63. The van der Waals surface area contributed by atoms with Crippen LogP contribution >= 0.6 is 23.2 Å². The Kier molecular flexibility index (Phi) is 8.16. The van der Waals surface area contributed by atoms with Crippen LogP contribution in [0, 0.1) is 10.1 Å². The summed E-state index contributed by atoms with van der Waals surface area (Å²) in [6.45, 7) is 3.73. The number of benzene rings is 2. The van der Waals surface area contributed by atoms with Crippen molar-refractivity contribution in [1.82, 2.24) is 5.32 Å². The molecule has 5 nitrogen and oxygen atoms in total. The van der Waals surface area contributed by atoms with E-state index in [1.54, 1.807) is 0 Å². The van der Waals surface area contributed by atoms with Gasteiger partial charge in [0.05, 0.1) is 21.1 Å². The Hall–Kier alpha value is -1.82. The summed E-state index contributed by atoms with van der Waals surface area (Å²) in [6.07, 6.45) is 2.78. The third kappa shape index (κ3) is 6.48. The molecule has 0 fully saturated rings. The fourth-order valence-electron chi connectivity index (χ4n) is 2.53. The van der Waals surface area contributed by atoms with E-state index in [1.807, 2.05) is 25.1 Å². The molecular formula is C19H22Cl2N2O3. The molecule has 0 aliphatic heterocycles. The molecule has 2 aromatic rings. The van der Waals surface area contributed by atoms with Crippen molar-refractivity contribution >= 4 is 28.9 Å². The molecule has 2 aromatic carbocycles. The van der Waals surface area contributed by atoms with Crippen molar-refractivity contribution < 1.29 is 9.66 Å². The number of nitro groups is 1. The minimum Gasteiger partial charge on any atom is -0.488 e. The molecule has 2 rings (SSSR count). The highest BCUT2D eigenvalue weighted by molar-refractivity contribution is 6.37. The van der Waals surface area contributed by atoms with Gasteiger partial charge in [-0.05, 0) is 38.3 Å². The molecular weight excluding hydrogens is 375 g/mol. The molecule has 0 saturated carbocycles. The van der Waals surface area contributed by atoms with Gasteiger partial charge in [-0.2, -0.15) is 0 Å². The zero-order valence-electron chi connectivity index (χ0n) is 14.6. The van der Waals surface area contributed by atoms with Gasteiger partial charge < -0.3 is 10.1 Å². The Morgan fingerprint density at radius 1 is 1.15 bits per heavy atom. The number of rotatable bonds is 10. The highest BCUT2D eigenvalue weighted by Crippen LogP contribution is 2.37. The van der Waals surface area contributed by atoms with E-state index in [-0.39, 0.29) is 21.8 Å². The minimum atomic E-state index is -0.534. The van der Waals surface area contributed by atoms with Gasteiger partial charge >= 0.3 is 0 Å². The lowest BCUT2D eigenvalue weighted by atomic mass is 10.1. The summed E-state index contributed by atoms with van der Waals surface area (Å²) in [5, 5.41) is 14.5. The summed E-state index contributed by atoms with van der Waals surface area (Å²) < 4.78 is 5.78. The van der Waals surface area contributed by atoms with E-state index in [2.05, 4.69) is 17.4 Å². The molecule has 0 aliphatic rings. The largest absolute Gasteiger partial charge is 0.488 e. The third-order valence-electron chi connectivity index (χ3n) is 3.90. The fourth-order valence-corrected chi connectivity index (χ4v) is 3.10. The Balaban J connectivity index is 1.70. The van der Waals surface area contributed by atoms with Gasteiger partial charge in [0.15, 0.2) is 5.75 Å². The van der Waals surface area contributed by atoms with Crippen molar-refractivity contribution in [3.8, 4) is 5.75 Å². The number of halogens is 2. The van der Waals surface area contributed by atoms with Gasteiger partial charge in [0.1, 0.15) is 0 Å². The standard InChI is InChI=1S/C19H22Cl2N2O3/c1-14(7-5-6-10-22-13-15-8-3-2-4-9-15)26-19-17(20)11-16(23(24)25)12-18(19)21/h2-4,8-9,11-12,14,22H,5-7,10,13H2,1H3. The number of ether oxygens (including phenoxy) is 1. The molecule has 140 valence electrons. The quantitative estimate of drug-likeness (QED) is 0.321. The van der Waals surface area contributed by atoms with Crippen LogP contribution in [0.25, 0.3) is 0 Å². The van der Waals surface area contributed by atoms with Crippen molar-refractivity contribution in [2.45, 2.75) is 38.8 Å². The van der Waals surface area contributed by atoms with Crippen LogP contribution in [0.2, 0.25) is 10.0 Å². The van der Waals surface area contributed by atoms with Gasteiger partial charge in [-0.3, -0.25) is 10.1 Å². The Bertz CT molecular complexity index is 703. The second kappa shape index (κ2) is 10.4. The van der Waals surface area contributed by atoms with Crippen LogP contribution in [0.4, 0.5) is 5.69 Å². The fraction of sp³-hybridized carbons (Fsp3) is 0.368. The average Bonchev–Trinajstić information content (AvgIpc) is 2.61. The van der Waals surface area contributed by atoms with Crippen LogP contribution in [-0.4, -0.2) is 17.6 Å². The number of nitro benzene ring substituents is 1. The molecule has 0 amide bonds. The topological polar surface area (TPSA) is 64.4 Å². The summed E-state index contributed by atoms with van der Waals surface area (Å²) in [4.78, 5) is 10.3. The highest BCUT2D eigenvalue weighted by Gasteiger charge is 2.17. The van der Waals surface area contributed by atoms with Gasteiger partial charge in [0.25, 0.3) is 5.69 Å². The lowest BCUT2D eigenvalue weighted by Crippen LogP contribution is -2.16. The lowest BCUT2D eigenvalue weighted by molar-refractivity contribution is -0.384. The number of non-ortho nitro benzene ring substituents is 1. The maximum absolute atomic E-state index is 10.8. The van der Waals surface area contributed by atoms with Crippen LogP contribution in [0.5, 0.6) is 5.75 Å². The molecule has 0 spiro atoms. The zero-order valence-corrected chi connectivity index (χ0v) is 16.1. The van der Waals surface area contributed by atoms with Gasteiger partial charge in [0.2, 0.25) is 0 Å². The van der Waals surface area contributed by atoms with Crippen LogP contribution in [0.1, 0.15) is 31.7 Å². The summed E-state index contributed by atoms with van der Waals surface area (Å²) >= 11 is 12.1. The van der Waals surface area contributed by atoms with Gasteiger partial charge in [0, 0.05) is 18.7 Å². The predicted molar refractivity (Wildman–Crippen MR) is 105 cm³/mol. The molecule has 0 heterocycles. The summed E-state index contributed by atoms with van der Waals surface area (Å²) in [6, 6.07) is 12.8. The number of hydrogen-bond donors (Lipinski definition) is 1. The van der Waals surface area contributed by atoms with E-state index in [4.69, 9.17) is 27.9 Å². The number of nitrogens with zero attached hydrogens (tertiary/aromatic N) is 1. The molecule has 0 saturated heterocycles. The van der Waals surface area contributed by atoms with E-state index < -0.39 is 4.92 Å². The molecule has 26 heavy (non-hydrogen) atoms. The van der Waals surface area contributed by atoms with Crippen molar-refractivity contribution in [3.63, 3.8) is 0 Å². The normalized spacial score (nSPS) is 12.0. The Labute approximate surface area is 163 Å². The Morgan fingerprint density at radius 3 is 2.42 bits per heavy atom. The molecule has 1 atom stereocenters. The van der Waals surface area contributed by atoms with E-state index in [9.17, 15) is 10.1 Å². The SMILES string of the molecule is CC(CCCCNCc1ccccc1)Oc1c(Cl)cc([N+](=O)[O-])cc1Cl. The van der Waals surface area contributed by atoms with Crippen LogP contribution in [0.15, 0.2) is 42.5 Å². The van der Waals surface area contributed by atoms with E-state index in [0.717, 1.165) is 32.4 Å². The zero-order chi connectivity index (χ0) is 18.9. The second-order valence-corrected chi connectivity index (χ2v) is 6.90. The monoisotopic (exact) mass is 396 g/mol. The first-order valence-electron chi connectivity index (χ1n) is 8.52. The van der Waals surface area contributed by atoms with Gasteiger partial charge in [-0.25, -0.2) is 0 Å². The molecule has 0 radical (unpaired) electrons. The average molecular weight is 397 g/mol. The van der Waals surface area contributed by atoms with E-state index >= 15 is 0 Å². The van der Waals surface area contributed by atoms with Crippen LogP contribution in [0.3, 0.4) is 0 Å². The van der Waals surface area contributed by atoms with Crippen LogP contribution in [-0.2, 0) is 6.54 Å². The van der Waals surface area contributed by atoms with Crippen molar-refractivity contribution in [2.75, 3.05) is 6.54 Å². The molecule has 7 heteroatoms. The Morgan fingerprint density at radius 2 is 1.81 bits per heavy atom. The maximum Gasteiger partial charge on any atom is 0.272 e. The molecule has 0 aliphatic carbocycles. The van der Waals surface area contributed by atoms with E-state index in [0.29, 0.717) is 5.75 Å². The first-order valence-corrected chi connectivity index (χ1v) is 9.27. The van der Waals surface area contributed by atoms with Crippen LogP contribution < -0.4 is 10.1 Å². The van der Waals surface area contributed by atoms with Gasteiger partial charge in [-0.15, -0.1) is 0 Å². The maximum atomic E-state index is 10.8. The molecule has 1 N–H and O–H groups in total. The summed E-state index contributed by atoms with van der Waals surface area (Å²) in [7, 11) is 0. The third-order valence-corrected chi connectivity index (χ3v) is 4.46. The number of unbranched alkanes of at least 4 members (excludes halogenated alkanes) is 1. The first kappa shape index (κ1) is 20.5. The second-order valence-electron chi connectivity index (χ2n) is 6.08. The van der Waals surface area contributed by atoms with Crippen molar-refractivity contribution in [3.05, 3.63) is 68.2 Å². The van der Waals surface area contributed by atoms with Gasteiger partial charge in [-0.1, -0.05) is 53.5 Å². The lowest BCUT2D eigenvalue weighted by Gasteiger charge is -2.17. The summed E-state index contributed by atoms with van der Waals surface area (Å²) in [5.74, 6) is 0.300. The number of nitrogens with one attached hydrogen (secondary N) is 1. The minimum absolute atomic E-state index is 0.0828. The molecule has 1 unspecified atom stereocenters. The highest BCUT2D eigenvalue weighted by atomic mass is 35.5. The first-order chi connectivity index (χ1) is 12.5. The molecule has 0 bridgehead atoms. The summed E-state index contributed by atoms with van der Waals surface area (Å²) in [5.41, 5.74) is 1.12. The van der Waals surface area contributed by atoms with E-state index in [1.165, 1.54) is 17.7 Å². The number of hydrogen-bond acceptors (Lipinski definition) is 4. The smallest absolute Gasteiger partial charge is 0.272 e. The molecule has 0 aromatic heterocycles.